The molecule has 0 saturated carbocycles. The molecule has 0 amide bonds. The van der Waals surface area contributed by atoms with Crippen LogP contribution in [-0.2, 0) is 9.53 Å². The molecule has 1 fully saturated rings. The van der Waals surface area contributed by atoms with Gasteiger partial charge in [-0.25, -0.2) is 4.79 Å². The van der Waals surface area contributed by atoms with Crippen LogP contribution >= 0.6 is 0 Å². The van der Waals surface area contributed by atoms with Gasteiger partial charge in [-0.05, 0) is 20.8 Å². The highest BCUT2D eigenvalue weighted by Gasteiger charge is 2.08. The topological polar surface area (TPSA) is 50.4 Å². The summed E-state index contributed by atoms with van der Waals surface area (Å²) in [5.41, 5.74) is -0.373. The smallest absolute Gasteiger partial charge is 0.418 e. The summed E-state index contributed by atoms with van der Waals surface area (Å²) in [4.78, 5) is 9.47. The fourth-order valence-corrected chi connectivity index (χ4v) is 0.729. The van der Waals surface area contributed by atoms with Crippen molar-refractivity contribution < 1.29 is 9.53 Å². The van der Waals surface area contributed by atoms with Crippen LogP contribution < -0.4 is 10.6 Å². The van der Waals surface area contributed by atoms with Crippen LogP contribution in [0, 0.1) is 0 Å². The first kappa shape index (κ1) is 12.4. The molecule has 1 radical (unpaired) electrons. The number of hydrogen-bond acceptors (Lipinski definition) is 4. The number of carbonyl (C=O) groups excluding carboxylic acids is 1. The van der Waals surface area contributed by atoms with Gasteiger partial charge in [-0.15, -0.1) is 0 Å². The molecule has 1 aliphatic rings. The van der Waals surface area contributed by atoms with Crippen LogP contribution in [0.1, 0.15) is 20.8 Å². The third-order valence-corrected chi connectivity index (χ3v) is 1.30. The lowest BCUT2D eigenvalue weighted by atomic mass is 10.2. The van der Waals surface area contributed by atoms with Crippen LogP contribution in [0.4, 0.5) is 0 Å². The molecule has 1 heterocycles. The van der Waals surface area contributed by atoms with Crippen molar-refractivity contribution in [2.75, 3.05) is 26.2 Å². The Morgan fingerprint density at radius 3 is 1.54 bits per heavy atom. The third kappa shape index (κ3) is 11.4. The van der Waals surface area contributed by atoms with E-state index in [4.69, 9.17) is 0 Å². The van der Waals surface area contributed by atoms with E-state index in [0.717, 1.165) is 26.2 Å². The Bertz CT molecular complexity index is 117. The third-order valence-electron chi connectivity index (χ3n) is 1.30. The molecule has 4 nitrogen and oxygen atoms in total. The fourth-order valence-electron chi connectivity index (χ4n) is 0.729. The minimum atomic E-state index is -0.373. The highest BCUT2D eigenvalue weighted by molar-refractivity contribution is 5.39. The highest BCUT2D eigenvalue weighted by Crippen LogP contribution is 2.02. The second-order valence-electron chi connectivity index (χ2n) is 3.80. The van der Waals surface area contributed by atoms with Crippen LogP contribution in [0.15, 0.2) is 0 Å². The highest BCUT2D eigenvalue weighted by atomic mass is 16.5. The molecule has 1 aliphatic heterocycles. The lowest BCUT2D eigenvalue weighted by Crippen LogP contribution is -2.39. The lowest BCUT2D eigenvalue weighted by molar-refractivity contribution is 0.109. The molecule has 77 valence electrons. The number of hydrogen-bond donors (Lipinski definition) is 2. The van der Waals surface area contributed by atoms with Gasteiger partial charge in [-0.1, -0.05) is 0 Å². The van der Waals surface area contributed by atoms with Crippen molar-refractivity contribution >= 4 is 6.47 Å². The molecule has 0 bridgehead atoms. The molecule has 0 aromatic rings. The lowest BCUT2D eigenvalue weighted by Gasteiger charge is -2.13. The molecule has 1 rings (SSSR count). The monoisotopic (exact) mass is 187 g/mol. The Morgan fingerprint density at radius 2 is 1.46 bits per heavy atom. The van der Waals surface area contributed by atoms with E-state index in [2.05, 4.69) is 15.4 Å². The summed E-state index contributed by atoms with van der Waals surface area (Å²) in [5.74, 6) is 0. The van der Waals surface area contributed by atoms with Gasteiger partial charge in [-0.3, -0.25) is 0 Å². The van der Waals surface area contributed by atoms with Crippen LogP contribution in [0.5, 0.6) is 0 Å². The summed E-state index contributed by atoms with van der Waals surface area (Å²) in [6, 6.07) is 0. The van der Waals surface area contributed by atoms with Gasteiger partial charge in [-0.2, -0.15) is 0 Å². The standard InChI is InChI=1S/C5H9O2.C4H10N2/c1-5(2,3)7-4-6;1-2-6-4-3-5-1/h1-3H3;5-6H,1-4H2. The Hall–Kier alpha value is -0.610. The van der Waals surface area contributed by atoms with Gasteiger partial charge >= 0.3 is 6.47 Å². The van der Waals surface area contributed by atoms with Crippen LogP contribution in [-0.4, -0.2) is 38.3 Å². The predicted octanol–water partition coefficient (Wildman–Crippen LogP) is 0.0479. The van der Waals surface area contributed by atoms with Crippen molar-refractivity contribution in [1.29, 1.82) is 0 Å². The molecule has 1 saturated heterocycles. The molecule has 0 aromatic carbocycles. The van der Waals surface area contributed by atoms with E-state index in [1.54, 1.807) is 20.8 Å². The zero-order valence-corrected chi connectivity index (χ0v) is 8.64. The first-order valence-electron chi connectivity index (χ1n) is 4.53. The Labute approximate surface area is 80.0 Å². The number of nitrogens with one attached hydrogen (secondary N) is 2. The van der Waals surface area contributed by atoms with Gasteiger partial charge in [0.05, 0.1) is 0 Å². The second kappa shape index (κ2) is 6.86. The maximum Gasteiger partial charge on any atom is 0.418 e. The Balaban J connectivity index is 0.000000223. The van der Waals surface area contributed by atoms with E-state index < -0.39 is 0 Å². The summed E-state index contributed by atoms with van der Waals surface area (Å²) >= 11 is 0. The maximum absolute atomic E-state index is 9.47. The van der Waals surface area contributed by atoms with Crippen LogP contribution in [0.2, 0.25) is 0 Å². The number of piperazine rings is 1. The van der Waals surface area contributed by atoms with E-state index >= 15 is 0 Å². The molecule has 0 atom stereocenters. The van der Waals surface area contributed by atoms with Gasteiger partial charge < -0.3 is 15.4 Å². The summed E-state index contributed by atoms with van der Waals surface area (Å²) in [7, 11) is 0. The van der Waals surface area contributed by atoms with Gasteiger partial charge in [0.25, 0.3) is 0 Å². The van der Waals surface area contributed by atoms with Crippen molar-refractivity contribution in [3.8, 4) is 0 Å². The van der Waals surface area contributed by atoms with Gasteiger partial charge in [0.1, 0.15) is 5.60 Å². The van der Waals surface area contributed by atoms with Gasteiger partial charge in [0, 0.05) is 26.2 Å². The molecule has 13 heavy (non-hydrogen) atoms. The fraction of sp³-hybridized carbons (Fsp3) is 0.889. The van der Waals surface area contributed by atoms with Crippen molar-refractivity contribution in [2.45, 2.75) is 26.4 Å². The summed E-state index contributed by atoms with van der Waals surface area (Å²) in [6.45, 7) is 11.3. The molecular weight excluding hydrogens is 168 g/mol. The maximum atomic E-state index is 9.47. The van der Waals surface area contributed by atoms with Crippen molar-refractivity contribution in [3.63, 3.8) is 0 Å². The van der Waals surface area contributed by atoms with E-state index in [1.165, 1.54) is 6.47 Å². The van der Waals surface area contributed by atoms with E-state index in [9.17, 15) is 4.79 Å². The van der Waals surface area contributed by atoms with E-state index in [-0.39, 0.29) is 5.60 Å². The van der Waals surface area contributed by atoms with Crippen LogP contribution in [0.25, 0.3) is 0 Å². The molecule has 2 N–H and O–H groups in total. The SMILES string of the molecule is C1CNCCN1.CC(C)(C)O[C]=O. The zero-order chi connectivity index (χ0) is 10.2. The molecule has 0 aliphatic carbocycles. The average Bonchev–Trinajstić information content (AvgIpc) is 2.06. The quantitative estimate of drug-likeness (QED) is 0.609. The molecule has 0 aromatic heterocycles. The Morgan fingerprint density at radius 1 is 1.08 bits per heavy atom. The second-order valence-corrected chi connectivity index (χ2v) is 3.80. The van der Waals surface area contributed by atoms with Crippen molar-refractivity contribution in [2.24, 2.45) is 0 Å². The van der Waals surface area contributed by atoms with Crippen LogP contribution in [0.3, 0.4) is 0 Å². The zero-order valence-electron chi connectivity index (χ0n) is 8.64. The largest absolute Gasteiger partial charge is 0.452 e. The van der Waals surface area contributed by atoms with E-state index in [0.29, 0.717) is 0 Å². The van der Waals surface area contributed by atoms with Crippen molar-refractivity contribution in [1.82, 2.24) is 10.6 Å². The van der Waals surface area contributed by atoms with E-state index in [1.807, 2.05) is 0 Å². The van der Waals surface area contributed by atoms with Gasteiger partial charge in [0.15, 0.2) is 0 Å². The molecular formula is C9H19N2O2. The summed E-state index contributed by atoms with van der Waals surface area (Å²) < 4.78 is 4.42. The van der Waals surface area contributed by atoms with Gasteiger partial charge in [0.2, 0.25) is 0 Å². The molecule has 0 spiro atoms. The number of ether oxygens (including phenoxy) is 1. The minimum Gasteiger partial charge on any atom is -0.452 e. The number of rotatable bonds is 1. The summed E-state index contributed by atoms with van der Waals surface area (Å²) in [5, 5.41) is 6.44. The minimum absolute atomic E-state index is 0.373. The van der Waals surface area contributed by atoms with Crippen molar-refractivity contribution in [3.05, 3.63) is 0 Å². The first-order chi connectivity index (χ1) is 6.06. The summed E-state index contributed by atoms with van der Waals surface area (Å²) in [6.07, 6.45) is 0. The Kier molecular flexibility index (Phi) is 6.54. The molecule has 4 heteroatoms. The first-order valence-corrected chi connectivity index (χ1v) is 4.53. The normalized spacial score (nSPS) is 16.8. The molecule has 0 unspecified atom stereocenters. The predicted molar refractivity (Wildman–Crippen MR) is 52.3 cm³/mol. The average molecular weight is 187 g/mol.